The molecular formula is C19H15FN6O2. The SMILES string of the molecule is O=C(Cn1cnc(-c2noc(-c3cccnc3)n2)c1)NCc1ccc(F)cc1. The zero-order chi connectivity index (χ0) is 19.3. The molecule has 0 spiro atoms. The van der Waals surface area contributed by atoms with Crippen molar-refractivity contribution >= 4 is 5.91 Å². The number of amides is 1. The van der Waals surface area contributed by atoms with E-state index in [4.69, 9.17) is 4.52 Å². The second-order valence-corrected chi connectivity index (χ2v) is 6.00. The quantitative estimate of drug-likeness (QED) is 0.553. The number of rotatable bonds is 6. The first-order valence-corrected chi connectivity index (χ1v) is 8.45. The average Bonchev–Trinajstić information content (AvgIpc) is 3.38. The van der Waals surface area contributed by atoms with Crippen LogP contribution >= 0.6 is 0 Å². The molecule has 0 unspecified atom stereocenters. The first-order valence-electron chi connectivity index (χ1n) is 8.45. The topological polar surface area (TPSA) is 98.7 Å². The van der Waals surface area contributed by atoms with E-state index in [2.05, 4.69) is 25.4 Å². The molecule has 0 aliphatic heterocycles. The fraction of sp³-hybridized carbons (Fsp3) is 0.105. The fourth-order valence-corrected chi connectivity index (χ4v) is 2.52. The summed E-state index contributed by atoms with van der Waals surface area (Å²) < 4.78 is 19.8. The van der Waals surface area contributed by atoms with Crippen molar-refractivity contribution in [1.29, 1.82) is 0 Å². The number of nitrogens with one attached hydrogen (secondary N) is 1. The third kappa shape index (κ3) is 4.09. The van der Waals surface area contributed by atoms with Crippen LogP contribution in [-0.4, -0.2) is 30.6 Å². The van der Waals surface area contributed by atoms with Crippen LogP contribution in [0, 0.1) is 5.82 Å². The molecule has 1 aromatic carbocycles. The molecular weight excluding hydrogens is 363 g/mol. The number of hydrogen-bond donors (Lipinski definition) is 1. The van der Waals surface area contributed by atoms with E-state index in [1.165, 1.54) is 18.5 Å². The summed E-state index contributed by atoms with van der Waals surface area (Å²) in [6.45, 7) is 0.404. The summed E-state index contributed by atoms with van der Waals surface area (Å²) in [5.74, 6) is 0.158. The van der Waals surface area contributed by atoms with Crippen molar-refractivity contribution in [1.82, 2.24) is 30.0 Å². The van der Waals surface area contributed by atoms with Crippen LogP contribution in [0.4, 0.5) is 4.39 Å². The van der Waals surface area contributed by atoms with Gasteiger partial charge in [-0.2, -0.15) is 4.98 Å². The number of halogens is 1. The minimum atomic E-state index is -0.311. The molecule has 3 heterocycles. The molecule has 0 bridgehead atoms. The number of nitrogens with zero attached hydrogens (tertiary/aromatic N) is 5. The molecule has 28 heavy (non-hydrogen) atoms. The number of imidazole rings is 1. The number of benzene rings is 1. The molecule has 0 radical (unpaired) electrons. The Labute approximate surface area is 159 Å². The predicted octanol–water partition coefficient (Wildman–Crippen LogP) is 2.45. The summed E-state index contributed by atoms with van der Waals surface area (Å²) >= 11 is 0. The zero-order valence-electron chi connectivity index (χ0n) is 14.6. The molecule has 0 atom stereocenters. The van der Waals surface area contributed by atoms with E-state index in [1.807, 2.05) is 6.07 Å². The van der Waals surface area contributed by atoms with E-state index < -0.39 is 0 Å². The highest BCUT2D eigenvalue weighted by atomic mass is 19.1. The predicted molar refractivity (Wildman–Crippen MR) is 97.0 cm³/mol. The Kier molecular flexibility index (Phi) is 4.87. The van der Waals surface area contributed by atoms with Crippen LogP contribution < -0.4 is 5.32 Å². The number of hydrogen-bond acceptors (Lipinski definition) is 6. The second-order valence-electron chi connectivity index (χ2n) is 6.00. The molecule has 8 nitrogen and oxygen atoms in total. The summed E-state index contributed by atoms with van der Waals surface area (Å²) in [5.41, 5.74) is 2.02. The van der Waals surface area contributed by atoms with Gasteiger partial charge in [0.15, 0.2) is 0 Å². The van der Waals surface area contributed by atoms with Gasteiger partial charge in [0.25, 0.3) is 5.89 Å². The zero-order valence-corrected chi connectivity index (χ0v) is 14.6. The minimum absolute atomic E-state index is 0.0848. The van der Waals surface area contributed by atoms with Crippen molar-refractivity contribution < 1.29 is 13.7 Å². The van der Waals surface area contributed by atoms with Gasteiger partial charge in [0, 0.05) is 25.1 Å². The molecule has 4 aromatic rings. The van der Waals surface area contributed by atoms with Crippen molar-refractivity contribution in [2.45, 2.75) is 13.1 Å². The third-order valence-electron chi connectivity index (χ3n) is 3.93. The smallest absolute Gasteiger partial charge is 0.259 e. The first-order chi connectivity index (χ1) is 13.7. The summed E-state index contributed by atoms with van der Waals surface area (Å²) in [6, 6.07) is 9.55. The van der Waals surface area contributed by atoms with Gasteiger partial charge in [-0.05, 0) is 29.8 Å². The van der Waals surface area contributed by atoms with Crippen molar-refractivity contribution in [3.63, 3.8) is 0 Å². The Morgan fingerprint density at radius 3 is 2.86 bits per heavy atom. The van der Waals surface area contributed by atoms with Crippen molar-refractivity contribution in [3.8, 4) is 23.0 Å². The van der Waals surface area contributed by atoms with E-state index in [1.54, 1.807) is 41.4 Å². The van der Waals surface area contributed by atoms with Gasteiger partial charge in [0.2, 0.25) is 11.7 Å². The van der Waals surface area contributed by atoms with E-state index in [-0.39, 0.29) is 18.3 Å². The number of carbonyl (C=O) groups is 1. The van der Waals surface area contributed by atoms with E-state index in [9.17, 15) is 9.18 Å². The maximum Gasteiger partial charge on any atom is 0.259 e. The summed E-state index contributed by atoms with van der Waals surface area (Å²) in [5, 5.41) is 6.69. The molecule has 0 aliphatic carbocycles. The van der Waals surface area contributed by atoms with Crippen LogP contribution in [-0.2, 0) is 17.9 Å². The molecule has 0 saturated heterocycles. The second kappa shape index (κ2) is 7.78. The molecule has 140 valence electrons. The van der Waals surface area contributed by atoms with Crippen LogP contribution in [0.2, 0.25) is 0 Å². The van der Waals surface area contributed by atoms with Crippen molar-refractivity contribution in [3.05, 3.63) is 72.7 Å². The third-order valence-corrected chi connectivity index (χ3v) is 3.93. The Morgan fingerprint density at radius 1 is 1.21 bits per heavy atom. The summed E-state index contributed by atoms with van der Waals surface area (Å²) in [4.78, 5) is 24.6. The van der Waals surface area contributed by atoms with E-state index >= 15 is 0 Å². The van der Waals surface area contributed by atoms with Gasteiger partial charge in [-0.1, -0.05) is 17.3 Å². The largest absolute Gasteiger partial charge is 0.350 e. The van der Waals surface area contributed by atoms with Crippen molar-refractivity contribution in [2.75, 3.05) is 0 Å². The Hall–Kier alpha value is -3.88. The van der Waals surface area contributed by atoms with Crippen LogP contribution in [0.5, 0.6) is 0 Å². The maximum atomic E-state index is 12.9. The van der Waals surface area contributed by atoms with Crippen LogP contribution in [0.3, 0.4) is 0 Å². The number of carbonyl (C=O) groups excluding carboxylic acids is 1. The lowest BCUT2D eigenvalue weighted by Crippen LogP contribution is -2.26. The molecule has 9 heteroatoms. The first kappa shape index (κ1) is 17.5. The lowest BCUT2D eigenvalue weighted by molar-refractivity contribution is -0.121. The Balaban J connectivity index is 1.37. The van der Waals surface area contributed by atoms with Gasteiger partial charge in [-0.15, -0.1) is 0 Å². The monoisotopic (exact) mass is 378 g/mol. The maximum absolute atomic E-state index is 12.9. The molecule has 1 N–H and O–H groups in total. The van der Waals surface area contributed by atoms with Gasteiger partial charge >= 0.3 is 0 Å². The highest BCUT2D eigenvalue weighted by Gasteiger charge is 2.13. The molecule has 1 amide bonds. The van der Waals surface area contributed by atoms with Gasteiger partial charge in [-0.25, -0.2) is 9.37 Å². The highest BCUT2D eigenvalue weighted by molar-refractivity contribution is 5.75. The molecule has 0 saturated carbocycles. The molecule has 4 rings (SSSR count). The minimum Gasteiger partial charge on any atom is -0.350 e. The van der Waals surface area contributed by atoms with Crippen LogP contribution in [0.1, 0.15) is 5.56 Å². The van der Waals surface area contributed by atoms with Crippen molar-refractivity contribution in [2.24, 2.45) is 0 Å². The number of aromatic nitrogens is 5. The summed E-state index contributed by atoms with van der Waals surface area (Å²) in [7, 11) is 0. The molecule has 0 aliphatic rings. The molecule has 3 aromatic heterocycles. The van der Waals surface area contributed by atoms with Gasteiger partial charge in [0.05, 0.1) is 11.9 Å². The average molecular weight is 378 g/mol. The lowest BCUT2D eigenvalue weighted by atomic mass is 10.2. The standard InChI is InChI=1S/C19H15FN6O2/c20-15-5-3-13(4-6-15)8-22-17(27)11-26-10-16(23-12-26)18-24-19(28-25-18)14-2-1-7-21-9-14/h1-7,9-10,12H,8,11H2,(H,22,27). The Morgan fingerprint density at radius 2 is 2.07 bits per heavy atom. The lowest BCUT2D eigenvalue weighted by Gasteiger charge is -2.05. The normalized spacial score (nSPS) is 10.8. The van der Waals surface area contributed by atoms with Gasteiger partial charge < -0.3 is 14.4 Å². The van der Waals surface area contributed by atoms with Crippen LogP contribution in [0.25, 0.3) is 23.0 Å². The fourth-order valence-electron chi connectivity index (χ4n) is 2.52. The van der Waals surface area contributed by atoms with Gasteiger partial charge in [-0.3, -0.25) is 9.78 Å². The number of pyridine rings is 1. The highest BCUT2D eigenvalue weighted by Crippen LogP contribution is 2.20. The van der Waals surface area contributed by atoms with Crippen LogP contribution in [0.15, 0.2) is 65.8 Å². The van der Waals surface area contributed by atoms with E-state index in [0.717, 1.165) is 5.56 Å². The summed E-state index contributed by atoms with van der Waals surface area (Å²) in [6.07, 6.45) is 6.47. The van der Waals surface area contributed by atoms with E-state index in [0.29, 0.717) is 29.5 Å². The molecule has 0 fully saturated rings. The van der Waals surface area contributed by atoms with Gasteiger partial charge in [0.1, 0.15) is 18.1 Å². The Bertz CT molecular complexity index is 1080.